The molecule has 3 heterocycles. The summed E-state index contributed by atoms with van der Waals surface area (Å²) in [4.78, 5) is 28.8. The summed E-state index contributed by atoms with van der Waals surface area (Å²) < 4.78 is 7.94. The fourth-order valence-electron chi connectivity index (χ4n) is 2.80. The minimum absolute atomic E-state index is 0.245. The largest absolute Gasteiger partial charge is 0.481 e. The van der Waals surface area contributed by atoms with E-state index < -0.39 is 0 Å². The number of nitrogens with zero attached hydrogens (tertiary/aromatic N) is 5. The molecule has 0 spiro atoms. The van der Waals surface area contributed by atoms with Crippen LogP contribution in [0.2, 0.25) is 0 Å². The number of pyridine rings is 1. The molecule has 0 aliphatic rings. The molecule has 0 unspecified atom stereocenters. The zero-order valence-electron chi connectivity index (χ0n) is 14.5. The predicted octanol–water partition coefficient (Wildman–Crippen LogP) is 1.05. The van der Waals surface area contributed by atoms with Crippen molar-refractivity contribution in [3.8, 4) is 17.1 Å². The molecule has 9 nitrogen and oxygen atoms in total. The van der Waals surface area contributed by atoms with Gasteiger partial charge < -0.3 is 4.74 Å². The van der Waals surface area contributed by atoms with Crippen molar-refractivity contribution in [2.24, 2.45) is 0 Å². The van der Waals surface area contributed by atoms with Gasteiger partial charge >= 0.3 is 0 Å². The van der Waals surface area contributed by atoms with Gasteiger partial charge in [-0.25, -0.2) is 9.67 Å². The maximum absolute atomic E-state index is 12.5. The van der Waals surface area contributed by atoms with Gasteiger partial charge in [0.05, 0.1) is 37.2 Å². The molecule has 27 heavy (non-hydrogen) atoms. The van der Waals surface area contributed by atoms with Crippen molar-refractivity contribution in [3.05, 3.63) is 69.5 Å². The van der Waals surface area contributed by atoms with Crippen LogP contribution in [0.15, 0.2) is 58.4 Å². The van der Waals surface area contributed by atoms with Gasteiger partial charge in [0.15, 0.2) is 0 Å². The average molecular weight is 364 g/mol. The second-order valence-electron chi connectivity index (χ2n) is 5.90. The molecule has 0 atom stereocenters. The summed E-state index contributed by atoms with van der Waals surface area (Å²) in [5, 5.41) is 11.6. The van der Waals surface area contributed by atoms with Crippen molar-refractivity contribution in [1.29, 1.82) is 0 Å². The second-order valence-corrected chi connectivity index (χ2v) is 5.90. The number of rotatable bonds is 5. The zero-order chi connectivity index (χ0) is 18.8. The molecule has 0 bridgehead atoms. The molecule has 1 N–H and O–H groups in total. The van der Waals surface area contributed by atoms with Gasteiger partial charge in [0.1, 0.15) is 5.69 Å². The molecule has 0 amide bonds. The van der Waals surface area contributed by atoms with Crippen LogP contribution in [0, 0.1) is 0 Å². The molecule has 3 aromatic heterocycles. The lowest BCUT2D eigenvalue weighted by molar-refractivity contribution is 0.398. The molecule has 4 aromatic rings. The Labute approximate surface area is 152 Å². The molecule has 9 heteroatoms. The Hall–Kier alpha value is -3.75. The molecule has 136 valence electrons. The molecule has 0 aliphatic heterocycles. The third-order valence-electron chi connectivity index (χ3n) is 4.22. The number of methoxy groups -OCH3 is 1. The van der Waals surface area contributed by atoms with Crippen LogP contribution in [0.4, 0.5) is 0 Å². The lowest BCUT2D eigenvalue weighted by atomic mass is 10.2. The highest BCUT2D eigenvalue weighted by molar-refractivity contribution is 5.80. The van der Waals surface area contributed by atoms with Crippen molar-refractivity contribution >= 4 is 10.8 Å². The molecule has 0 saturated carbocycles. The minimum Gasteiger partial charge on any atom is -0.481 e. The van der Waals surface area contributed by atoms with Crippen LogP contribution in [0.25, 0.3) is 22.0 Å². The monoisotopic (exact) mass is 364 g/mol. The summed E-state index contributed by atoms with van der Waals surface area (Å²) in [7, 11) is 1.55. The van der Waals surface area contributed by atoms with Gasteiger partial charge in [-0.05, 0) is 18.2 Å². The van der Waals surface area contributed by atoms with Gasteiger partial charge in [-0.3, -0.25) is 19.4 Å². The number of hydrogen-bond acceptors (Lipinski definition) is 6. The number of aryl methyl sites for hydroxylation is 2. The number of hydrogen-bond donors (Lipinski definition) is 1. The number of H-pyrrole nitrogens is 1. The van der Waals surface area contributed by atoms with Crippen molar-refractivity contribution in [2.45, 2.75) is 13.1 Å². The van der Waals surface area contributed by atoms with Gasteiger partial charge in [0.2, 0.25) is 5.88 Å². The number of aromatic nitrogens is 6. The Morgan fingerprint density at radius 1 is 1.07 bits per heavy atom. The quantitative estimate of drug-likeness (QED) is 0.567. The van der Waals surface area contributed by atoms with Crippen LogP contribution in [-0.4, -0.2) is 36.9 Å². The van der Waals surface area contributed by atoms with Crippen LogP contribution in [0.1, 0.15) is 0 Å². The van der Waals surface area contributed by atoms with Crippen LogP contribution < -0.4 is 15.9 Å². The lowest BCUT2D eigenvalue weighted by Gasteiger charge is -2.06. The summed E-state index contributed by atoms with van der Waals surface area (Å²) in [5.41, 5.74) is 0.918. The highest BCUT2D eigenvalue weighted by atomic mass is 16.5. The van der Waals surface area contributed by atoms with Gasteiger partial charge in [-0.2, -0.15) is 0 Å². The maximum atomic E-state index is 12.5. The third-order valence-corrected chi connectivity index (χ3v) is 4.22. The Bertz CT molecular complexity index is 1210. The van der Waals surface area contributed by atoms with E-state index in [1.807, 2.05) is 6.07 Å². The molecule has 4 rings (SSSR count). The molecule has 0 aliphatic carbocycles. The molecule has 1 aromatic carbocycles. The number of benzene rings is 1. The van der Waals surface area contributed by atoms with Gasteiger partial charge in [0, 0.05) is 17.8 Å². The molecule has 0 saturated heterocycles. The Morgan fingerprint density at radius 3 is 2.63 bits per heavy atom. The maximum Gasteiger partial charge on any atom is 0.273 e. The second kappa shape index (κ2) is 6.87. The van der Waals surface area contributed by atoms with Gasteiger partial charge in [0.25, 0.3) is 11.1 Å². The number of aromatic amines is 1. The van der Waals surface area contributed by atoms with E-state index in [1.165, 1.54) is 4.68 Å². The third kappa shape index (κ3) is 3.22. The molecule has 0 radical (unpaired) electrons. The Morgan fingerprint density at radius 2 is 1.89 bits per heavy atom. The Kier molecular flexibility index (Phi) is 4.25. The van der Waals surface area contributed by atoms with Crippen molar-refractivity contribution in [2.75, 3.05) is 7.11 Å². The zero-order valence-corrected chi connectivity index (χ0v) is 14.5. The summed E-state index contributed by atoms with van der Waals surface area (Å²) in [6, 6.07) is 10.3. The normalized spacial score (nSPS) is 11.0. The smallest absolute Gasteiger partial charge is 0.273 e. The topological polar surface area (TPSA) is 108 Å². The summed E-state index contributed by atoms with van der Waals surface area (Å²) in [5.74, 6) is 0.519. The first-order valence-electron chi connectivity index (χ1n) is 8.28. The van der Waals surface area contributed by atoms with E-state index in [0.29, 0.717) is 28.9 Å². The lowest BCUT2D eigenvalue weighted by Crippen LogP contribution is -2.31. The van der Waals surface area contributed by atoms with Crippen molar-refractivity contribution in [1.82, 2.24) is 29.8 Å². The summed E-state index contributed by atoms with van der Waals surface area (Å²) >= 11 is 0. The van der Waals surface area contributed by atoms with E-state index >= 15 is 0 Å². The number of fused-ring (bicyclic) bond motifs is 1. The predicted molar refractivity (Wildman–Crippen MR) is 98.6 cm³/mol. The van der Waals surface area contributed by atoms with Crippen LogP contribution >= 0.6 is 0 Å². The summed E-state index contributed by atoms with van der Waals surface area (Å²) in [6.45, 7) is 0.646. The average Bonchev–Trinajstić information content (AvgIpc) is 3.19. The van der Waals surface area contributed by atoms with Crippen molar-refractivity contribution in [3.63, 3.8) is 0 Å². The van der Waals surface area contributed by atoms with E-state index in [9.17, 15) is 9.59 Å². The van der Waals surface area contributed by atoms with Gasteiger partial charge in [-0.1, -0.05) is 17.3 Å². The first-order chi connectivity index (χ1) is 13.2. The van der Waals surface area contributed by atoms with Gasteiger partial charge in [-0.15, -0.1) is 5.10 Å². The SMILES string of the molecule is COc1ccc(-c2cn(CCn3[nH]c(=O)c4ccccc4c3=O)nn2)cn1. The standard InChI is InChI=1S/C18H16N6O3/c1-27-16-7-6-12(10-19-16)15-11-23(22-20-15)8-9-24-18(26)14-5-3-2-4-13(14)17(25)21-24/h2-7,10-11H,8-9H2,1H3,(H,21,25). The van der Waals surface area contributed by atoms with Crippen LogP contribution in [-0.2, 0) is 13.1 Å². The first-order valence-corrected chi connectivity index (χ1v) is 8.28. The van der Waals surface area contributed by atoms with E-state index in [1.54, 1.807) is 54.5 Å². The highest BCUT2D eigenvalue weighted by Crippen LogP contribution is 2.17. The van der Waals surface area contributed by atoms with E-state index in [4.69, 9.17) is 4.74 Å². The molecular weight excluding hydrogens is 348 g/mol. The van der Waals surface area contributed by atoms with E-state index in [2.05, 4.69) is 20.4 Å². The fraction of sp³-hybridized carbons (Fsp3) is 0.167. The van der Waals surface area contributed by atoms with E-state index in [0.717, 1.165) is 5.56 Å². The first kappa shape index (κ1) is 16.7. The molecule has 0 fully saturated rings. The van der Waals surface area contributed by atoms with Crippen LogP contribution in [0.5, 0.6) is 5.88 Å². The highest BCUT2D eigenvalue weighted by Gasteiger charge is 2.08. The Balaban J connectivity index is 1.55. The number of nitrogens with one attached hydrogen (secondary N) is 1. The van der Waals surface area contributed by atoms with Crippen LogP contribution in [0.3, 0.4) is 0 Å². The molecular formula is C18H16N6O3. The van der Waals surface area contributed by atoms with Crippen molar-refractivity contribution < 1.29 is 4.74 Å². The number of ether oxygens (including phenoxy) is 1. The van der Waals surface area contributed by atoms with E-state index in [-0.39, 0.29) is 17.7 Å². The fourth-order valence-corrected chi connectivity index (χ4v) is 2.80. The summed E-state index contributed by atoms with van der Waals surface area (Å²) in [6.07, 6.45) is 3.41. The minimum atomic E-state index is -0.297.